The van der Waals surface area contributed by atoms with Crippen LogP contribution in [0.2, 0.25) is 0 Å². The molecule has 0 spiro atoms. The second-order valence-corrected chi connectivity index (χ2v) is 6.17. The Kier molecular flexibility index (Phi) is 4.41. The number of carbonyl (C=O) groups excluding carboxylic acids is 1. The van der Waals surface area contributed by atoms with Gasteiger partial charge in [-0.2, -0.15) is 0 Å². The van der Waals surface area contributed by atoms with Crippen LogP contribution < -0.4 is 0 Å². The average Bonchev–Trinajstić information content (AvgIpc) is 2.49. The molecule has 1 aromatic rings. The van der Waals surface area contributed by atoms with Crippen molar-refractivity contribution in [2.75, 3.05) is 13.2 Å². The summed E-state index contributed by atoms with van der Waals surface area (Å²) in [6.45, 7) is 0.730. The lowest BCUT2D eigenvalue weighted by Crippen LogP contribution is -2.49. The predicted molar refractivity (Wildman–Crippen MR) is 71.4 cm³/mol. The molecule has 0 aliphatic carbocycles. The van der Waals surface area contributed by atoms with Crippen molar-refractivity contribution in [2.45, 2.75) is 18.9 Å². The van der Waals surface area contributed by atoms with Gasteiger partial charge in [-0.15, -0.1) is 0 Å². The Morgan fingerprint density at radius 3 is 2.43 bits per heavy atom. The fraction of sp³-hybridized carbons (Fsp3) is 0.417. The zero-order valence-corrected chi connectivity index (χ0v) is 12.2. The molecular weight excluding hydrogens is 301 g/mol. The summed E-state index contributed by atoms with van der Waals surface area (Å²) in [5.41, 5.74) is -1.28. The van der Waals surface area contributed by atoms with Crippen molar-refractivity contribution < 1.29 is 27.9 Å². The monoisotopic (exact) mass is 315 g/mol. The number of benzene rings is 1. The molecule has 1 aliphatic heterocycles. The highest BCUT2D eigenvalue weighted by Gasteiger charge is 2.52. The average molecular weight is 315 g/mol. The lowest BCUT2D eigenvalue weighted by atomic mass is 10.0. The van der Waals surface area contributed by atoms with E-state index in [1.54, 1.807) is 25.1 Å². The molecule has 1 aromatic carbocycles. The second kappa shape index (κ2) is 5.93. The van der Waals surface area contributed by atoms with Gasteiger partial charge in [-0.1, -0.05) is 25.1 Å². The molecule has 8 nitrogen and oxygen atoms in total. The Bertz CT molecular complexity index is 577. The highest BCUT2D eigenvalue weighted by atomic mass is 31.2. The lowest BCUT2D eigenvalue weighted by Gasteiger charge is -2.30. The van der Waals surface area contributed by atoms with Crippen LogP contribution in [0.4, 0.5) is 0 Å². The van der Waals surface area contributed by atoms with Gasteiger partial charge in [0, 0.05) is 11.3 Å². The maximum absolute atomic E-state index is 12.1. The van der Waals surface area contributed by atoms with Crippen molar-refractivity contribution in [3.8, 4) is 0 Å². The van der Waals surface area contributed by atoms with E-state index in [-0.39, 0.29) is 12.0 Å². The van der Waals surface area contributed by atoms with Crippen molar-refractivity contribution in [3.05, 3.63) is 46.0 Å². The van der Waals surface area contributed by atoms with Crippen LogP contribution in [0.25, 0.3) is 0 Å². The molecule has 0 unspecified atom stereocenters. The van der Waals surface area contributed by atoms with Crippen LogP contribution in [0.3, 0.4) is 0 Å². The van der Waals surface area contributed by atoms with Crippen LogP contribution in [-0.2, 0) is 18.1 Å². The molecule has 1 aliphatic rings. The first-order valence-corrected chi connectivity index (χ1v) is 7.69. The SMILES string of the molecule is CCC1([N+](=O)[O-])COP(=O)(OC(=O)c2ccccc2)OC1. The quantitative estimate of drug-likeness (QED) is 0.477. The number of nitrogens with zero attached hydrogens (tertiary/aromatic N) is 1. The lowest BCUT2D eigenvalue weighted by molar-refractivity contribution is -0.578. The molecule has 0 bridgehead atoms. The fourth-order valence-corrected chi connectivity index (χ4v) is 2.98. The third kappa shape index (κ3) is 3.29. The summed E-state index contributed by atoms with van der Waals surface area (Å²) < 4.78 is 26.6. The van der Waals surface area contributed by atoms with Crippen LogP contribution >= 0.6 is 7.82 Å². The van der Waals surface area contributed by atoms with Gasteiger partial charge in [0.1, 0.15) is 13.2 Å². The zero-order chi connectivity index (χ0) is 15.5. The van der Waals surface area contributed by atoms with Crippen LogP contribution in [0, 0.1) is 10.1 Å². The maximum atomic E-state index is 12.1. The molecule has 1 fully saturated rings. The van der Waals surface area contributed by atoms with E-state index in [1.807, 2.05) is 0 Å². The third-order valence-electron chi connectivity index (χ3n) is 3.23. The third-order valence-corrected chi connectivity index (χ3v) is 4.51. The number of hydrogen-bond acceptors (Lipinski definition) is 7. The predicted octanol–water partition coefficient (Wildman–Crippen LogP) is 2.42. The highest BCUT2D eigenvalue weighted by molar-refractivity contribution is 7.49. The molecule has 0 radical (unpaired) electrons. The number of carbonyl (C=O) groups is 1. The van der Waals surface area contributed by atoms with Gasteiger partial charge in [0.05, 0.1) is 5.56 Å². The molecule has 0 N–H and O–H groups in total. The molecule has 0 amide bonds. The fourth-order valence-electron chi connectivity index (χ4n) is 1.70. The Morgan fingerprint density at radius 1 is 1.38 bits per heavy atom. The van der Waals surface area contributed by atoms with Crippen molar-refractivity contribution in [3.63, 3.8) is 0 Å². The minimum Gasteiger partial charge on any atom is -0.367 e. The summed E-state index contributed by atoms with van der Waals surface area (Å²) in [6, 6.07) is 7.89. The topological polar surface area (TPSA) is 105 Å². The molecule has 0 atom stereocenters. The van der Waals surface area contributed by atoms with Crippen molar-refractivity contribution >= 4 is 13.8 Å². The van der Waals surface area contributed by atoms with Gasteiger partial charge in [0.2, 0.25) is 0 Å². The molecule has 2 rings (SSSR count). The van der Waals surface area contributed by atoms with Crippen LogP contribution in [0.5, 0.6) is 0 Å². The van der Waals surface area contributed by atoms with Crippen molar-refractivity contribution in [1.29, 1.82) is 0 Å². The van der Waals surface area contributed by atoms with E-state index in [1.165, 1.54) is 12.1 Å². The van der Waals surface area contributed by atoms with Gasteiger partial charge in [-0.3, -0.25) is 19.2 Å². The normalized spacial score (nSPS) is 28.8. The van der Waals surface area contributed by atoms with Crippen LogP contribution in [0.15, 0.2) is 30.3 Å². The number of rotatable bonds is 4. The number of nitro groups is 1. The van der Waals surface area contributed by atoms with Crippen LogP contribution in [-0.4, -0.2) is 29.6 Å². The van der Waals surface area contributed by atoms with E-state index < -0.39 is 37.5 Å². The number of phosphoric acid groups is 1. The summed E-state index contributed by atoms with van der Waals surface area (Å²) in [6.07, 6.45) is 0.145. The Hall–Kier alpha value is -1.76. The van der Waals surface area contributed by atoms with Gasteiger partial charge in [0.25, 0.3) is 5.54 Å². The first-order chi connectivity index (χ1) is 9.91. The van der Waals surface area contributed by atoms with E-state index in [0.717, 1.165) is 0 Å². The minimum absolute atomic E-state index is 0.145. The highest BCUT2D eigenvalue weighted by Crippen LogP contribution is 2.54. The van der Waals surface area contributed by atoms with E-state index in [4.69, 9.17) is 13.6 Å². The summed E-state index contributed by atoms with van der Waals surface area (Å²) in [7, 11) is -4.12. The Labute approximate surface area is 120 Å². The van der Waals surface area contributed by atoms with Gasteiger partial charge >= 0.3 is 13.8 Å². The summed E-state index contributed by atoms with van der Waals surface area (Å²) in [4.78, 5) is 22.3. The Balaban J connectivity index is 2.05. The van der Waals surface area contributed by atoms with Crippen LogP contribution in [0.1, 0.15) is 23.7 Å². The summed E-state index contributed by atoms with van der Waals surface area (Å²) >= 11 is 0. The molecule has 1 heterocycles. The summed E-state index contributed by atoms with van der Waals surface area (Å²) in [5, 5.41) is 11.0. The molecule has 9 heteroatoms. The van der Waals surface area contributed by atoms with Gasteiger partial charge in [-0.05, 0) is 12.1 Å². The minimum atomic E-state index is -4.12. The maximum Gasteiger partial charge on any atom is 0.533 e. The molecule has 0 saturated carbocycles. The zero-order valence-electron chi connectivity index (χ0n) is 11.3. The van der Waals surface area contributed by atoms with Crippen molar-refractivity contribution in [1.82, 2.24) is 0 Å². The number of hydrogen-bond donors (Lipinski definition) is 0. The summed E-state index contributed by atoms with van der Waals surface area (Å²) in [5.74, 6) is -0.871. The molecule has 21 heavy (non-hydrogen) atoms. The van der Waals surface area contributed by atoms with Gasteiger partial charge in [0.15, 0.2) is 0 Å². The van der Waals surface area contributed by atoms with Crippen molar-refractivity contribution in [2.24, 2.45) is 0 Å². The first kappa shape index (κ1) is 15.6. The molecule has 1 saturated heterocycles. The smallest absolute Gasteiger partial charge is 0.367 e. The first-order valence-electron chi connectivity index (χ1n) is 6.23. The van der Waals surface area contributed by atoms with Gasteiger partial charge in [-0.25, -0.2) is 9.36 Å². The molecule has 0 aromatic heterocycles. The largest absolute Gasteiger partial charge is 0.533 e. The molecular formula is C12H14NO7P. The number of phosphoric ester groups is 1. The molecule has 114 valence electrons. The van der Waals surface area contributed by atoms with E-state index in [2.05, 4.69) is 0 Å². The van der Waals surface area contributed by atoms with E-state index in [0.29, 0.717) is 0 Å². The second-order valence-electron chi connectivity index (χ2n) is 4.57. The standard InChI is InChI=1S/C12H14NO7P/c1-2-12(13(15)16)8-18-21(17,19-9-12)20-11(14)10-6-4-3-5-7-10/h3-7H,2,8-9H2,1H3. The van der Waals surface area contributed by atoms with E-state index in [9.17, 15) is 19.5 Å². The Morgan fingerprint density at radius 2 is 1.95 bits per heavy atom. The van der Waals surface area contributed by atoms with E-state index >= 15 is 0 Å². The van der Waals surface area contributed by atoms with Gasteiger partial charge < -0.3 is 4.52 Å².